The Morgan fingerprint density at radius 2 is 1.59 bits per heavy atom. The van der Waals surface area contributed by atoms with Crippen molar-refractivity contribution < 1.29 is 17.6 Å². The molecule has 0 bridgehead atoms. The van der Waals surface area contributed by atoms with Crippen molar-refractivity contribution in [2.24, 2.45) is 0 Å². The number of benzene rings is 3. The minimum atomic E-state index is -3.77. The van der Waals surface area contributed by atoms with Gasteiger partial charge in [0, 0.05) is 12.1 Å². The van der Waals surface area contributed by atoms with E-state index < -0.39 is 10.0 Å². The molecule has 150 valence electrons. The van der Waals surface area contributed by atoms with Crippen LogP contribution in [0.5, 0.6) is 0 Å². The highest BCUT2D eigenvalue weighted by molar-refractivity contribution is 7.92. The minimum Gasteiger partial charge on any atom is -0.348 e. The minimum absolute atomic E-state index is 0.147. The van der Waals surface area contributed by atoms with Crippen molar-refractivity contribution in [2.45, 2.75) is 25.3 Å². The fourth-order valence-corrected chi connectivity index (χ4v) is 3.92. The van der Waals surface area contributed by atoms with Gasteiger partial charge in [0.05, 0.1) is 10.6 Å². The lowest BCUT2D eigenvalue weighted by Crippen LogP contribution is -2.24. The fourth-order valence-electron chi connectivity index (χ4n) is 2.79. The molecule has 0 heterocycles. The predicted molar refractivity (Wildman–Crippen MR) is 111 cm³/mol. The lowest BCUT2D eigenvalue weighted by Gasteiger charge is -2.14. The number of carbonyl (C=O) groups excluding carboxylic acids is 1. The van der Waals surface area contributed by atoms with Crippen LogP contribution in [-0.4, -0.2) is 14.3 Å². The number of amides is 1. The molecule has 0 saturated carbocycles. The molecular formula is C22H21FN2O3S. The van der Waals surface area contributed by atoms with Gasteiger partial charge in [-0.2, -0.15) is 0 Å². The summed E-state index contributed by atoms with van der Waals surface area (Å²) in [7, 11) is -3.77. The van der Waals surface area contributed by atoms with Crippen molar-refractivity contribution in [1.82, 2.24) is 5.32 Å². The Balaban J connectivity index is 1.77. The summed E-state index contributed by atoms with van der Waals surface area (Å²) in [5.41, 5.74) is 2.92. The normalized spacial score (nSPS) is 11.1. The van der Waals surface area contributed by atoms with Crippen LogP contribution in [0.1, 0.15) is 27.0 Å². The number of hydrogen-bond donors (Lipinski definition) is 2. The molecule has 3 rings (SSSR count). The number of anilines is 1. The molecule has 0 atom stereocenters. The Morgan fingerprint density at radius 3 is 2.24 bits per heavy atom. The summed E-state index contributed by atoms with van der Waals surface area (Å²) in [6.45, 7) is 3.79. The summed E-state index contributed by atoms with van der Waals surface area (Å²) in [4.78, 5) is 12.7. The highest BCUT2D eigenvalue weighted by atomic mass is 32.2. The second kappa shape index (κ2) is 8.45. The van der Waals surface area contributed by atoms with Crippen LogP contribution in [0, 0.1) is 19.7 Å². The molecule has 1 amide bonds. The Bertz CT molecular complexity index is 1130. The largest absolute Gasteiger partial charge is 0.348 e. The van der Waals surface area contributed by atoms with Gasteiger partial charge in [-0.15, -0.1) is 0 Å². The van der Waals surface area contributed by atoms with Crippen LogP contribution < -0.4 is 10.0 Å². The second-order valence-electron chi connectivity index (χ2n) is 6.71. The lowest BCUT2D eigenvalue weighted by atomic mass is 10.1. The third kappa shape index (κ3) is 5.00. The number of sulfonamides is 1. The third-order valence-electron chi connectivity index (χ3n) is 4.52. The Hall–Kier alpha value is -3.19. The van der Waals surface area contributed by atoms with Crippen LogP contribution in [0.4, 0.5) is 10.1 Å². The molecule has 0 aliphatic heterocycles. The van der Waals surface area contributed by atoms with Crippen molar-refractivity contribution in [3.05, 3.63) is 94.8 Å². The number of carbonyl (C=O) groups is 1. The van der Waals surface area contributed by atoms with E-state index in [1.807, 2.05) is 6.92 Å². The standard InChI is InChI=1S/C22H21FN2O3S/c1-15-6-12-19(13-7-15)29(27,28)25-21-5-3-4-20(16(21)2)22(26)24-14-17-8-10-18(23)11-9-17/h3-13,25H,14H2,1-2H3,(H,24,26). The molecule has 0 spiro atoms. The number of rotatable bonds is 6. The van der Waals surface area contributed by atoms with Gasteiger partial charge in [-0.05, 0) is 61.4 Å². The van der Waals surface area contributed by atoms with Gasteiger partial charge in [-0.25, -0.2) is 12.8 Å². The topological polar surface area (TPSA) is 75.3 Å². The van der Waals surface area contributed by atoms with Gasteiger partial charge < -0.3 is 5.32 Å². The summed E-state index contributed by atoms with van der Waals surface area (Å²) in [5, 5.41) is 2.76. The zero-order valence-electron chi connectivity index (χ0n) is 16.1. The molecular weight excluding hydrogens is 391 g/mol. The molecule has 0 unspecified atom stereocenters. The second-order valence-corrected chi connectivity index (χ2v) is 8.39. The summed E-state index contributed by atoms with van der Waals surface area (Å²) in [6, 6.07) is 17.2. The van der Waals surface area contributed by atoms with E-state index in [1.165, 1.54) is 24.3 Å². The lowest BCUT2D eigenvalue weighted by molar-refractivity contribution is 0.0950. The summed E-state index contributed by atoms with van der Waals surface area (Å²) in [6.07, 6.45) is 0. The summed E-state index contributed by atoms with van der Waals surface area (Å²) >= 11 is 0. The quantitative estimate of drug-likeness (QED) is 0.638. The van der Waals surface area contributed by atoms with E-state index >= 15 is 0 Å². The summed E-state index contributed by atoms with van der Waals surface area (Å²) < 4.78 is 40.8. The van der Waals surface area contributed by atoms with E-state index in [0.717, 1.165) is 11.1 Å². The van der Waals surface area contributed by atoms with E-state index in [0.29, 0.717) is 16.8 Å². The van der Waals surface area contributed by atoms with Gasteiger partial charge in [0.15, 0.2) is 0 Å². The van der Waals surface area contributed by atoms with E-state index in [1.54, 1.807) is 49.4 Å². The average molecular weight is 412 g/mol. The van der Waals surface area contributed by atoms with E-state index in [9.17, 15) is 17.6 Å². The highest BCUT2D eigenvalue weighted by Gasteiger charge is 2.18. The Morgan fingerprint density at radius 1 is 0.931 bits per heavy atom. The first-order chi connectivity index (χ1) is 13.8. The van der Waals surface area contributed by atoms with Crippen molar-refractivity contribution >= 4 is 21.6 Å². The van der Waals surface area contributed by atoms with Crippen LogP contribution in [0.2, 0.25) is 0 Å². The molecule has 5 nitrogen and oxygen atoms in total. The van der Waals surface area contributed by atoms with Gasteiger partial charge >= 0.3 is 0 Å². The maximum absolute atomic E-state index is 13.0. The zero-order chi connectivity index (χ0) is 21.0. The van der Waals surface area contributed by atoms with Crippen molar-refractivity contribution in [2.75, 3.05) is 4.72 Å². The van der Waals surface area contributed by atoms with Crippen molar-refractivity contribution in [3.8, 4) is 0 Å². The van der Waals surface area contributed by atoms with Crippen LogP contribution in [0.25, 0.3) is 0 Å². The number of halogens is 1. The molecule has 7 heteroatoms. The van der Waals surface area contributed by atoms with Gasteiger partial charge in [0.25, 0.3) is 15.9 Å². The maximum atomic E-state index is 13.0. The molecule has 0 aliphatic carbocycles. The van der Waals surface area contributed by atoms with Gasteiger partial charge in [-0.3, -0.25) is 9.52 Å². The van der Waals surface area contributed by atoms with Gasteiger partial charge in [0.1, 0.15) is 5.82 Å². The first-order valence-corrected chi connectivity index (χ1v) is 10.5. The third-order valence-corrected chi connectivity index (χ3v) is 5.90. The van der Waals surface area contributed by atoms with Crippen LogP contribution in [0.3, 0.4) is 0 Å². The monoisotopic (exact) mass is 412 g/mol. The number of aryl methyl sites for hydroxylation is 1. The Labute approximate surface area is 169 Å². The molecule has 29 heavy (non-hydrogen) atoms. The molecule has 0 aliphatic rings. The van der Waals surface area contributed by atoms with E-state index in [2.05, 4.69) is 10.0 Å². The van der Waals surface area contributed by atoms with E-state index in [4.69, 9.17) is 0 Å². The van der Waals surface area contributed by atoms with Crippen molar-refractivity contribution in [3.63, 3.8) is 0 Å². The van der Waals surface area contributed by atoms with Crippen molar-refractivity contribution in [1.29, 1.82) is 0 Å². The van der Waals surface area contributed by atoms with Crippen LogP contribution >= 0.6 is 0 Å². The van der Waals surface area contributed by atoms with Crippen LogP contribution in [-0.2, 0) is 16.6 Å². The number of nitrogens with one attached hydrogen (secondary N) is 2. The molecule has 0 saturated heterocycles. The van der Waals surface area contributed by atoms with Crippen LogP contribution in [0.15, 0.2) is 71.6 Å². The molecule has 0 radical (unpaired) electrons. The first kappa shape index (κ1) is 20.5. The molecule has 0 fully saturated rings. The number of hydrogen-bond acceptors (Lipinski definition) is 3. The molecule has 2 N–H and O–H groups in total. The Kier molecular flexibility index (Phi) is 5.98. The average Bonchev–Trinajstić information content (AvgIpc) is 2.69. The molecule has 0 aromatic heterocycles. The smallest absolute Gasteiger partial charge is 0.261 e. The summed E-state index contributed by atoms with van der Waals surface area (Å²) in [5.74, 6) is -0.687. The fraction of sp³-hybridized carbons (Fsp3) is 0.136. The predicted octanol–water partition coefficient (Wildman–Crippen LogP) is 4.17. The van der Waals surface area contributed by atoms with Gasteiger partial charge in [0.2, 0.25) is 0 Å². The molecule has 3 aromatic carbocycles. The zero-order valence-corrected chi connectivity index (χ0v) is 16.9. The highest BCUT2D eigenvalue weighted by Crippen LogP contribution is 2.23. The van der Waals surface area contributed by atoms with E-state index in [-0.39, 0.29) is 23.2 Å². The SMILES string of the molecule is Cc1ccc(S(=O)(=O)Nc2cccc(C(=O)NCc3ccc(F)cc3)c2C)cc1. The first-order valence-electron chi connectivity index (χ1n) is 8.98. The molecule has 3 aromatic rings. The van der Waals surface area contributed by atoms with Gasteiger partial charge in [-0.1, -0.05) is 35.9 Å². The maximum Gasteiger partial charge on any atom is 0.261 e.